The highest BCUT2D eigenvalue weighted by Gasteiger charge is 2.26. The van der Waals surface area contributed by atoms with Crippen molar-refractivity contribution in [3.63, 3.8) is 0 Å². The molecule has 0 aromatic carbocycles. The molecule has 0 unspecified atom stereocenters. The van der Waals surface area contributed by atoms with Crippen molar-refractivity contribution >= 4 is 17.6 Å². The summed E-state index contributed by atoms with van der Waals surface area (Å²) in [6, 6.07) is 0. The van der Waals surface area contributed by atoms with Gasteiger partial charge in [-0.25, -0.2) is 0 Å². The Bertz CT molecular complexity index is 199. The van der Waals surface area contributed by atoms with Crippen LogP contribution in [0.5, 0.6) is 0 Å². The lowest BCUT2D eigenvalue weighted by molar-refractivity contribution is 0.384. The van der Waals surface area contributed by atoms with E-state index in [1.807, 2.05) is 5.37 Å². The van der Waals surface area contributed by atoms with Gasteiger partial charge in [0.1, 0.15) is 0 Å². The standard InChI is InChI=1S/C10H16S/c1-8-5-4-6-10(2,3)9(8)7-11/h7H,4-6H2,1-3H3. The van der Waals surface area contributed by atoms with E-state index in [-0.39, 0.29) is 0 Å². The minimum absolute atomic E-state index is 0.337. The molecule has 1 aliphatic carbocycles. The highest BCUT2D eigenvalue weighted by Crippen LogP contribution is 2.38. The molecule has 0 saturated heterocycles. The minimum atomic E-state index is 0.337. The number of allylic oxidation sites excluding steroid dienone is 2. The summed E-state index contributed by atoms with van der Waals surface area (Å²) in [7, 11) is 0. The average Bonchev–Trinajstić information content (AvgIpc) is 1.86. The van der Waals surface area contributed by atoms with Crippen molar-refractivity contribution in [3.05, 3.63) is 11.1 Å². The summed E-state index contributed by atoms with van der Waals surface area (Å²) in [5.41, 5.74) is 3.24. The lowest BCUT2D eigenvalue weighted by atomic mass is 9.74. The van der Waals surface area contributed by atoms with Gasteiger partial charge < -0.3 is 0 Å². The number of hydrogen-bond donors (Lipinski definition) is 0. The largest absolute Gasteiger partial charge is 0.0884 e. The second kappa shape index (κ2) is 3.06. The van der Waals surface area contributed by atoms with Gasteiger partial charge in [0.05, 0.1) is 0 Å². The van der Waals surface area contributed by atoms with Crippen LogP contribution in [-0.4, -0.2) is 5.37 Å². The Labute approximate surface area is 74.7 Å². The highest BCUT2D eigenvalue weighted by molar-refractivity contribution is 7.79. The van der Waals surface area contributed by atoms with Gasteiger partial charge in [-0.05, 0) is 37.2 Å². The van der Waals surface area contributed by atoms with Crippen LogP contribution < -0.4 is 0 Å². The van der Waals surface area contributed by atoms with E-state index >= 15 is 0 Å². The fraction of sp³-hybridized carbons (Fsp3) is 0.700. The van der Waals surface area contributed by atoms with E-state index in [1.165, 1.54) is 30.4 Å². The molecule has 0 nitrogen and oxygen atoms in total. The molecule has 0 aromatic rings. The van der Waals surface area contributed by atoms with E-state index in [9.17, 15) is 0 Å². The van der Waals surface area contributed by atoms with Crippen LogP contribution in [0.4, 0.5) is 0 Å². The third-order valence-electron chi connectivity index (χ3n) is 2.66. The van der Waals surface area contributed by atoms with Gasteiger partial charge in [0.25, 0.3) is 0 Å². The van der Waals surface area contributed by atoms with Crippen molar-refractivity contribution in [1.82, 2.24) is 0 Å². The van der Waals surface area contributed by atoms with Gasteiger partial charge in [-0.1, -0.05) is 31.6 Å². The molecule has 0 amide bonds. The first-order valence-corrected chi connectivity index (χ1v) is 4.70. The maximum Gasteiger partial charge on any atom is 0.00505 e. The van der Waals surface area contributed by atoms with Gasteiger partial charge in [-0.3, -0.25) is 0 Å². The normalized spacial score (nSPS) is 23.5. The smallest absolute Gasteiger partial charge is 0.00505 e. The van der Waals surface area contributed by atoms with Gasteiger partial charge in [0.2, 0.25) is 0 Å². The Morgan fingerprint density at radius 3 is 2.45 bits per heavy atom. The molecule has 0 aromatic heterocycles. The average molecular weight is 168 g/mol. The summed E-state index contributed by atoms with van der Waals surface area (Å²) in [6.45, 7) is 6.78. The maximum absolute atomic E-state index is 5.02. The minimum Gasteiger partial charge on any atom is -0.0884 e. The first-order chi connectivity index (χ1) is 5.08. The second-order valence-electron chi connectivity index (χ2n) is 4.05. The summed E-state index contributed by atoms with van der Waals surface area (Å²) < 4.78 is 0. The second-order valence-corrected chi connectivity index (χ2v) is 4.28. The first-order valence-electron chi connectivity index (χ1n) is 4.23. The maximum atomic E-state index is 5.02. The summed E-state index contributed by atoms with van der Waals surface area (Å²) in [5, 5.41) is 1.87. The zero-order valence-electron chi connectivity index (χ0n) is 7.61. The van der Waals surface area contributed by atoms with Gasteiger partial charge in [-0.2, -0.15) is 0 Å². The number of rotatable bonds is 1. The molecule has 0 radical (unpaired) electrons. The fourth-order valence-corrected chi connectivity index (χ4v) is 2.42. The molecule has 0 aliphatic heterocycles. The van der Waals surface area contributed by atoms with Crippen molar-refractivity contribution < 1.29 is 0 Å². The predicted molar refractivity (Wildman–Crippen MR) is 54.0 cm³/mol. The zero-order valence-corrected chi connectivity index (χ0v) is 8.42. The topological polar surface area (TPSA) is 0 Å². The molecule has 0 N–H and O–H groups in total. The Balaban J connectivity index is 3.01. The van der Waals surface area contributed by atoms with Crippen LogP contribution in [0.25, 0.3) is 0 Å². The van der Waals surface area contributed by atoms with Crippen molar-refractivity contribution in [3.8, 4) is 0 Å². The molecule has 0 bridgehead atoms. The molecule has 0 heterocycles. The van der Waals surface area contributed by atoms with Crippen LogP contribution in [0.1, 0.15) is 40.0 Å². The molecule has 1 rings (SSSR count). The monoisotopic (exact) mass is 168 g/mol. The summed E-state index contributed by atoms with van der Waals surface area (Å²) in [4.78, 5) is 0. The van der Waals surface area contributed by atoms with E-state index in [4.69, 9.17) is 12.2 Å². The van der Waals surface area contributed by atoms with Crippen LogP contribution in [0, 0.1) is 5.41 Å². The molecular weight excluding hydrogens is 152 g/mol. The SMILES string of the molecule is CC1=C(C=S)C(C)(C)CCC1. The van der Waals surface area contributed by atoms with Crippen molar-refractivity contribution in [2.75, 3.05) is 0 Å². The number of hydrogen-bond acceptors (Lipinski definition) is 1. The van der Waals surface area contributed by atoms with E-state index in [0.717, 1.165) is 0 Å². The Morgan fingerprint density at radius 1 is 1.45 bits per heavy atom. The molecule has 11 heavy (non-hydrogen) atoms. The number of thiocarbonyl (C=S) groups is 1. The fourth-order valence-electron chi connectivity index (χ4n) is 1.90. The lowest BCUT2D eigenvalue weighted by Crippen LogP contribution is -2.20. The molecule has 1 heteroatoms. The van der Waals surface area contributed by atoms with Crippen LogP contribution in [0.2, 0.25) is 0 Å². The third-order valence-corrected chi connectivity index (χ3v) is 2.90. The molecule has 0 atom stereocenters. The van der Waals surface area contributed by atoms with Gasteiger partial charge >= 0.3 is 0 Å². The zero-order chi connectivity index (χ0) is 8.48. The van der Waals surface area contributed by atoms with Crippen LogP contribution >= 0.6 is 12.2 Å². The molecule has 0 saturated carbocycles. The van der Waals surface area contributed by atoms with Crippen LogP contribution in [-0.2, 0) is 0 Å². The Morgan fingerprint density at radius 2 is 2.09 bits per heavy atom. The predicted octanol–water partition coefficient (Wildman–Crippen LogP) is 3.51. The Hall–Kier alpha value is -0.170. The molecule has 62 valence electrons. The van der Waals surface area contributed by atoms with E-state index in [0.29, 0.717) is 5.41 Å². The molecule has 1 aliphatic rings. The van der Waals surface area contributed by atoms with E-state index in [2.05, 4.69) is 20.8 Å². The highest BCUT2D eigenvalue weighted by atomic mass is 32.1. The van der Waals surface area contributed by atoms with E-state index < -0.39 is 0 Å². The molecular formula is C10H16S. The quantitative estimate of drug-likeness (QED) is 0.540. The Kier molecular flexibility index (Phi) is 2.48. The van der Waals surface area contributed by atoms with Crippen LogP contribution in [0.15, 0.2) is 11.1 Å². The van der Waals surface area contributed by atoms with Gasteiger partial charge in [0, 0.05) is 5.37 Å². The lowest BCUT2D eigenvalue weighted by Gasteiger charge is -2.32. The van der Waals surface area contributed by atoms with Gasteiger partial charge in [0.15, 0.2) is 0 Å². The van der Waals surface area contributed by atoms with Crippen LogP contribution in [0.3, 0.4) is 0 Å². The molecule has 0 fully saturated rings. The van der Waals surface area contributed by atoms with Crippen molar-refractivity contribution in [2.45, 2.75) is 40.0 Å². The van der Waals surface area contributed by atoms with E-state index in [1.54, 1.807) is 0 Å². The van der Waals surface area contributed by atoms with Crippen molar-refractivity contribution in [1.29, 1.82) is 0 Å². The summed E-state index contributed by atoms with van der Waals surface area (Å²) in [5.74, 6) is 0. The first kappa shape index (κ1) is 8.92. The van der Waals surface area contributed by atoms with Gasteiger partial charge in [-0.15, -0.1) is 0 Å². The summed E-state index contributed by atoms with van der Waals surface area (Å²) >= 11 is 5.02. The third kappa shape index (κ3) is 1.70. The summed E-state index contributed by atoms with van der Waals surface area (Å²) in [6.07, 6.45) is 3.85. The molecule has 0 spiro atoms. The van der Waals surface area contributed by atoms with Crippen molar-refractivity contribution in [2.24, 2.45) is 5.41 Å².